The maximum absolute atomic E-state index is 5.68. The third kappa shape index (κ3) is 4.17. The molecule has 0 saturated heterocycles. The first-order valence-electron chi connectivity index (χ1n) is 10.3. The number of rotatable bonds is 8. The summed E-state index contributed by atoms with van der Waals surface area (Å²) in [5.41, 5.74) is 1.28. The van der Waals surface area contributed by atoms with E-state index in [1.807, 2.05) is 12.1 Å². The van der Waals surface area contributed by atoms with E-state index in [9.17, 15) is 0 Å². The van der Waals surface area contributed by atoms with Crippen LogP contribution in [0.1, 0.15) is 68.8 Å². The minimum Gasteiger partial charge on any atom is -0.468 e. The van der Waals surface area contributed by atoms with Crippen LogP contribution in [0.2, 0.25) is 0 Å². The molecule has 0 radical (unpaired) electrons. The van der Waals surface area contributed by atoms with Crippen molar-refractivity contribution in [2.75, 3.05) is 0 Å². The van der Waals surface area contributed by atoms with Crippen LogP contribution >= 0.6 is 0 Å². The van der Waals surface area contributed by atoms with Gasteiger partial charge in [-0.1, -0.05) is 57.0 Å². The molecule has 1 unspecified atom stereocenters. The maximum atomic E-state index is 5.68. The quantitative estimate of drug-likeness (QED) is 0.564. The Morgan fingerprint density at radius 3 is 2.54 bits per heavy atom. The van der Waals surface area contributed by atoms with Crippen molar-refractivity contribution in [1.82, 2.24) is 25.1 Å². The summed E-state index contributed by atoms with van der Waals surface area (Å²) in [5.74, 6) is 2.30. The molecule has 4 rings (SSSR count). The lowest BCUT2D eigenvalue weighted by Crippen LogP contribution is -2.34. The SMILES string of the molecule is CC(C)C(c1nnnn1C1CCCC1)N(Cc1ccccc1)Cc1ccco1. The molecule has 0 bridgehead atoms. The molecular weight excluding hydrogens is 350 g/mol. The van der Waals surface area contributed by atoms with E-state index in [0.717, 1.165) is 24.7 Å². The lowest BCUT2D eigenvalue weighted by atomic mass is 9.99. The van der Waals surface area contributed by atoms with Crippen LogP contribution in [0.25, 0.3) is 0 Å². The van der Waals surface area contributed by atoms with Crippen molar-refractivity contribution < 1.29 is 4.42 Å². The molecular formula is C22H29N5O. The largest absolute Gasteiger partial charge is 0.468 e. The third-order valence-corrected chi connectivity index (χ3v) is 5.65. The van der Waals surface area contributed by atoms with Gasteiger partial charge in [0.1, 0.15) is 5.76 Å². The topological polar surface area (TPSA) is 60.0 Å². The zero-order chi connectivity index (χ0) is 19.3. The van der Waals surface area contributed by atoms with E-state index in [4.69, 9.17) is 4.42 Å². The van der Waals surface area contributed by atoms with Crippen LogP contribution < -0.4 is 0 Å². The van der Waals surface area contributed by atoms with Gasteiger partial charge in [0.2, 0.25) is 0 Å². The number of furan rings is 1. The maximum Gasteiger partial charge on any atom is 0.168 e. The molecule has 2 aromatic heterocycles. The van der Waals surface area contributed by atoms with E-state index in [1.165, 1.54) is 31.2 Å². The molecule has 3 aromatic rings. The van der Waals surface area contributed by atoms with Crippen molar-refractivity contribution in [2.24, 2.45) is 5.92 Å². The highest BCUT2D eigenvalue weighted by Gasteiger charge is 2.32. The van der Waals surface area contributed by atoms with E-state index < -0.39 is 0 Å². The molecule has 0 aliphatic heterocycles. The minimum absolute atomic E-state index is 0.112. The second kappa shape index (κ2) is 8.69. The summed E-state index contributed by atoms with van der Waals surface area (Å²) in [4.78, 5) is 2.44. The molecule has 0 amide bonds. The van der Waals surface area contributed by atoms with Crippen LogP contribution in [-0.4, -0.2) is 25.1 Å². The lowest BCUT2D eigenvalue weighted by Gasteiger charge is -2.33. The fourth-order valence-corrected chi connectivity index (χ4v) is 4.36. The van der Waals surface area contributed by atoms with Crippen LogP contribution in [0, 0.1) is 5.92 Å². The Morgan fingerprint density at radius 1 is 1.07 bits per heavy atom. The van der Waals surface area contributed by atoms with E-state index >= 15 is 0 Å². The van der Waals surface area contributed by atoms with Crippen molar-refractivity contribution in [2.45, 2.75) is 64.7 Å². The first kappa shape index (κ1) is 18.9. The summed E-state index contributed by atoms with van der Waals surface area (Å²) >= 11 is 0. The molecule has 1 atom stereocenters. The fourth-order valence-electron chi connectivity index (χ4n) is 4.36. The van der Waals surface area contributed by atoms with E-state index in [-0.39, 0.29) is 6.04 Å². The molecule has 1 saturated carbocycles. The molecule has 148 valence electrons. The van der Waals surface area contributed by atoms with Gasteiger partial charge in [0.05, 0.1) is 24.9 Å². The van der Waals surface area contributed by atoms with E-state index in [1.54, 1.807) is 6.26 Å². The molecule has 6 heteroatoms. The molecule has 1 aliphatic carbocycles. The van der Waals surface area contributed by atoms with Crippen LogP contribution in [0.15, 0.2) is 53.1 Å². The Hall–Kier alpha value is -2.47. The summed E-state index contributed by atoms with van der Waals surface area (Å²) in [5, 5.41) is 13.0. The summed E-state index contributed by atoms with van der Waals surface area (Å²) < 4.78 is 7.77. The summed E-state index contributed by atoms with van der Waals surface area (Å²) in [7, 11) is 0. The monoisotopic (exact) mass is 379 g/mol. The molecule has 2 heterocycles. The fraction of sp³-hybridized carbons (Fsp3) is 0.500. The average Bonchev–Trinajstić information content (AvgIpc) is 3.45. The molecule has 1 fully saturated rings. The van der Waals surface area contributed by atoms with Gasteiger partial charge in [-0.15, -0.1) is 5.10 Å². The first-order valence-corrected chi connectivity index (χ1v) is 10.3. The number of hydrogen-bond donors (Lipinski definition) is 0. The number of nitrogens with zero attached hydrogens (tertiary/aromatic N) is 5. The van der Waals surface area contributed by atoms with Crippen LogP contribution in [0.4, 0.5) is 0 Å². The molecule has 6 nitrogen and oxygen atoms in total. The van der Waals surface area contributed by atoms with Crippen molar-refractivity contribution in [3.63, 3.8) is 0 Å². The van der Waals surface area contributed by atoms with Gasteiger partial charge < -0.3 is 4.42 Å². The van der Waals surface area contributed by atoms with Crippen LogP contribution in [-0.2, 0) is 13.1 Å². The Balaban J connectivity index is 1.67. The number of hydrogen-bond acceptors (Lipinski definition) is 5. The predicted molar refractivity (Wildman–Crippen MR) is 107 cm³/mol. The van der Waals surface area contributed by atoms with Crippen molar-refractivity contribution in [3.8, 4) is 0 Å². The van der Waals surface area contributed by atoms with Crippen molar-refractivity contribution in [3.05, 3.63) is 65.9 Å². The van der Waals surface area contributed by atoms with Gasteiger partial charge in [0.15, 0.2) is 5.82 Å². The number of benzene rings is 1. The Bertz CT molecular complexity index is 837. The standard InChI is InChI=1S/C22H29N5O/c1-17(2)21(22-23-24-25-27(22)19-11-6-7-12-19)26(16-20-13-8-14-28-20)15-18-9-4-3-5-10-18/h3-5,8-10,13-14,17,19,21H,6-7,11-12,15-16H2,1-2H3. The molecule has 0 spiro atoms. The van der Waals surface area contributed by atoms with Gasteiger partial charge in [0.25, 0.3) is 0 Å². The van der Waals surface area contributed by atoms with Gasteiger partial charge in [-0.2, -0.15) is 0 Å². The molecule has 28 heavy (non-hydrogen) atoms. The van der Waals surface area contributed by atoms with Gasteiger partial charge in [-0.3, -0.25) is 4.90 Å². The molecule has 0 N–H and O–H groups in total. The second-order valence-corrected chi connectivity index (χ2v) is 8.08. The molecule has 1 aromatic carbocycles. The summed E-state index contributed by atoms with van der Waals surface area (Å²) in [6.07, 6.45) is 6.59. The van der Waals surface area contributed by atoms with Gasteiger partial charge in [-0.25, -0.2) is 4.68 Å². The zero-order valence-electron chi connectivity index (χ0n) is 16.7. The third-order valence-electron chi connectivity index (χ3n) is 5.65. The smallest absolute Gasteiger partial charge is 0.168 e. The summed E-state index contributed by atoms with van der Waals surface area (Å²) in [6.45, 7) is 6.04. The van der Waals surface area contributed by atoms with Gasteiger partial charge >= 0.3 is 0 Å². The Morgan fingerprint density at radius 2 is 1.86 bits per heavy atom. The highest BCUT2D eigenvalue weighted by atomic mass is 16.3. The molecule has 1 aliphatic rings. The Kier molecular flexibility index (Phi) is 5.86. The van der Waals surface area contributed by atoms with E-state index in [0.29, 0.717) is 12.0 Å². The van der Waals surface area contributed by atoms with Crippen molar-refractivity contribution >= 4 is 0 Å². The predicted octanol–water partition coefficient (Wildman–Crippen LogP) is 4.78. The highest BCUT2D eigenvalue weighted by molar-refractivity contribution is 5.15. The number of tetrazole rings is 1. The van der Waals surface area contributed by atoms with E-state index in [2.05, 4.69) is 69.3 Å². The van der Waals surface area contributed by atoms with Crippen molar-refractivity contribution in [1.29, 1.82) is 0 Å². The summed E-state index contributed by atoms with van der Waals surface area (Å²) in [6, 6.07) is 15.1. The van der Waals surface area contributed by atoms with Gasteiger partial charge in [0, 0.05) is 6.54 Å². The zero-order valence-corrected chi connectivity index (χ0v) is 16.7. The van der Waals surface area contributed by atoms with Gasteiger partial charge in [-0.05, 0) is 46.9 Å². The lowest BCUT2D eigenvalue weighted by molar-refractivity contribution is 0.115. The normalized spacial score (nSPS) is 16.3. The Labute approximate surface area is 166 Å². The first-order chi connectivity index (χ1) is 13.7. The second-order valence-electron chi connectivity index (χ2n) is 8.08. The average molecular weight is 380 g/mol. The van der Waals surface area contributed by atoms with Crippen LogP contribution in [0.5, 0.6) is 0 Å². The highest BCUT2D eigenvalue weighted by Crippen LogP contribution is 2.35. The number of aromatic nitrogens is 4. The van der Waals surface area contributed by atoms with Crippen LogP contribution in [0.3, 0.4) is 0 Å². The minimum atomic E-state index is 0.112.